The highest BCUT2D eigenvalue weighted by molar-refractivity contribution is 6.07. The van der Waals surface area contributed by atoms with Crippen molar-refractivity contribution in [2.45, 2.75) is 32.4 Å². The van der Waals surface area contributed by atoms with Gasteiger partial charge in [-0.15, -0.1) is 0 Å². The smallest absolute Gasteiger partial charge is 0.335 e. The number of benzene rings is 1. The minimum absolute atomic E-state index is 0.0808. The number of carbonyl (C=O) groups excluding carboxylic acids is 3. The molecule has 0 aliphatic carbocycles. The third-order valence-electron chi connectivity index (χ3n) is 4.18. The van der Waals surface area contributed by atoms with Crippen LogP contribution in [0.1, 0.15) is 44.7 Å². The summed E-state index contributed by atoms with van der Waals surface area (Å²) in [4.78, 5) is 48.3. The number of carboxylic acids is 1. The number of amides is 3. The maximum absolute atomic E-state index is 12.6. The minimum Gasteiger partial charge on any atom is -0.478 e. The molecule has 0 radical (unpaired) electrons. The van der Waals surface area contributed by atoms with E-state index in [1.165, 1.54) is 11.0 Å². The molecular formula is C15H14N2O5. The quantitative estimate of drug-likeness (QED) is 0.772. The summed E-state index contributed by atoms with van der Waals surface area (Å²) in [5.74, 6) is -2.26. The molecule has 1 unspecified atom stereocenters. The number of nitrogens with one attached hydrogen (secondary N) is 1. The summed E-state index contributed by atoms with van der Waals surface area (Å²) >= 11 is 0. The van der Waals surface area contributed by atoms with Gasteiger partial charge >= 0.3 is 5.97 Å². The Morgan fingerprint density at radius 2 is 2.05 bits per heavy atom. The molecule has 3 rings (SSSR count). The number of hydrogen-bond donors (Lipinski definition) is 2. The Balaban J connectivity index is 1.95. The molecule has 2 N–H and O–H groups in total. The van der Waals surface area contributed by atoms with E-state index < -0.39 is 17.9 Å². The molecule has 114 valence electrons. The Labute approximate surface area is 125 Å². The number of aromatic carboxylic acids is 1. The number of fused-ring (bicyclic) bond motifs is 1. The van der Waals surface area contributed by atoms with Crippen molar-refractivity contribution in [3.63, 3.8) is 0 Å². The van der Waals surface area contributed by atoms with Gasteiger partial charge in [0.1, 0.15) is 6.04 Å². The van der Waals surface area contributed by atoms with Crippen LogP contribution in [0.3, 0.4) is 0 Å². The van der Waals surface area contributed by atoms with Crippen LogP contribution in [0.2, 0.25) is 0 Å². The molecule has 0 bridgehead atoms. The van der Waals surface area contributed by atoms with E-state index >= 15 is 0 Å². The standard InChI is InChI=1S/C15H14N2O5/c1-7-9(15(21)22)3-2-8-6-17(14(20)12(7)8)10-4-5-11(18)16-13(10)19/h2-3,10H,4-6H2,1H3,(H,21,22)(H,16,18,19). The van der Waals surface area contributed by atoms with E-state index in [2.05, 4.69) is 5.32 Å². The second kappa shape index (κ2) is 4.94. The van der Waals surface area contributed by atoms with Gasteiger partial charge in [-0.3, -0.25) is 19.7 Å². The molecule has 2 aliphatic rings. The minimum atomic E-state index is -1.09. The molecule has 22 heavy (non-hydrogen) atoms. The number of carbonyl (C=O) groups is 4. The fourth-order valence-electron chi connectivity index (χ4n) is 3.06. The van der Waals surface area contributed by atoms with Crippen LogP contribution in [0.25, 0.3) is 0 Å². The number of nitrogens with zero attached hydrogens (tertiary/aromatic N) is 1. The number of hydrogen-bond acceptors (Lipinski definition) is 4. The summed E-state index contributed by atoms with van der Waals surface area (Å²) in [5, 5.41) is 11.4. The van der Waals surface area contributed by atoms with E-state index in [0.717, 1.165) is 0 Å². The first-order valence-corrected chi connectivity index (χ1v) is 6.90. The lowest BCUT2D eigenvalue weighted by Gasteiger charge is -2.29. The molecule has 1 aromatic carbocycles. The molecule has 7 nitrogen and oxygen atoms in total. The van der Waals surface area contributed by atoms with Gasteiger partial charge in [0.2, 0.25) is 11.8 Å². The van der Waals surface area contributed by atoms with Crippen molar-refractivity contribution in [2.24, 2.45) is 0 Å². The highest BCUT2D eigenvalue weighted by Gasteiger charge is 2.40. The number of rotatable bonds is 2. The Kier molecular flexibility index (Phi) is 3.20. The molecule has 0 aromatic heterocycles. The molecule has 2 aliphatic heterocycles. The van der Waals surface area contributed by atoms with Crippen LogP contribution in [0.15, 0.2) is 12.1 Å². The van der Waals surface area contributed by atoms with E-state index in [1.54, 1.807) is 13.0 Å². The van der Waals surface area contributed by atoms with Crippen molar-refractivity contribution in [3.8, 4) is 0 Å². The number of carboxylic acid groups (broad SMARTS) is 1. The zero-order valence-electron chi connectivity index (χ0n) is 11.9. The van der Waals surface area contributed by atoms with E-state index in [9.17, 15) is 19.2 Å². The van der Waals surface area contributed by atoms with Crippen LogP contribution in [0.4, 0.5) is 0 Å². The summed E-state index contributed by atoms with van der Waals surface area (Å²) in [5.41, 5.74) is 1.55. The molecule has 2 heterocycles. The predicted octanol–water partition coefficient (Wildman–Crippen LogP) is 0.454. The Morgan fingerprint density at radius 1 is 1.32 bits per heavy atom. The first-order valence-electron chi connectivity index (χ1n) is 6.90. The first-order chi connectivity index (χ1) is 10.4. The molecule has 1 atom stereocenters. The van der Waals surface area contributed by atoms with Gasteiger partial charge in [0.15, 0.2) is 0 Å². The van der Waals surface area contributed by atoms with Crippen molar-refractivity contribution in [1.82, 2.24) is 10.2 Å². The highest BCUT2D eigenvalue weighted by Crippen LogP contribution is 2.31. The van der Waals surface area contributed by atoms with Crippen molar-refractivity contribution >= 4 is 23.7 Å². The van der Waals surface area contributed by atoms with Gasteiger partial charge < -0.3 is 10.0 Å². The largest absolute Gasteiger partial charge is 0.478 e. The average Bonchev–Trinajstić information content (AvgIpc) is 2.77. The Hall–Kier alpha value is -2.70. The molecule has 1 saturated heterocycles. The second-order valence-corrected chi connectivity index (χ2v) is 5.48. The molecule has 0 saturated carbocycles. The summed E-state index contributed by atoms with van der Waals surface area (Å²) in [7, 11) is 0. The van der Waals surface area contributed by atoms with Gasteiger partial charge in [0, 0.05) is 18.5 Å². The van der Waals surface area contributed by atoms with E-state index in [1.807, 2.05) is 0 Å². The molecular weight excluding hydrogens is 288 g/mol. The average molecular weight is 302 g/mol. The summed E-state index contributed by atoms with van der Waals surface area (Å²) < 4.78 is 0. The topological polar surface area (TPSA) is 104 Å². The zero-order chi connectivity index (χ0) is 16.0. The van der Waals surface area contributed by atoms with Crippen LogP contribution >= 0.6 is 0 Å². The van der Waals surface area contributed by atoms with Crippen molar-refractivity contribution in [2.75, 3.05) is 0 Å². The van der Waals surface area contributed by atoms with Crippen LogP contribution in [0, 0.1) is 6.92 Å². The summed E-state index contributed by atoms with van der Waals surface area (Å²) in [6.45, 7) is 1.84. The van der Waals surface area contributed by atoms with Crippen LogP contribution in [-0.2, 0) is 16.1 Å². The molecule has 7 heteroatoms. The van der Waals surface area contributed by atoms with E-state index in [0.29, 0.717) is 16.7 Å². The normalized spacial score (nSPS) is 20.9. The third-order valence-corrected chi connectivity index (χ3v) is 4.18. The van der Waals surface area contributed by atoms with Gasteiger partial charge in [0.05, 0.1) is 5.56 Å². The lowest BCUT2D eigenvalue weighted by Crippen LogP contribution is -2.52. The van der Waals surface area contributed by atoms with Crippen molar-refractivity contribution < 1.29 is 24.3 Å². The molecule has 1 aromatic rings. The predicted molar refractivity (Wildman–Crippen MR) is 74.2 cm³/mol. The monoisotopic (exact) mass is 302 g/mol. The van der Waals surface area contributed by atoms with Crippen molar-refractivity contribution in [3.05, 3.63) is 34.4 Å². The highest BCUT2D eigenvalue weighted by atomic mass is 16.4. The Morgan fingerprint density at radius 3 is 2.68 bits per heavy atom. The van der Waals surface area contributed by atoms with Gasteiger partial charge in [-0.2, -0.15) is 0 Å². The van der Waals surface area contributed by atoms with Crippen LogP contribution in [0.5, 0.6) is 0 Å². The molecule has 0 spiro atoms. The molecule has 3 amide bonds. The summed E-state index contributed by atoms with van der Waals surface area (Å²) in [6, 6.07) is 2.39. The maximum atomic E-state index is 12.6. The van der Waals surface area contributed by atoms with Crippen LogP contribution in [-0.4, -0.2) is 39.7 Å². The fourth-order valence-corrected chi connectivity index (χ4v) is 3.06. The van der Waals surface area contributed by atoms with Gasteiger partial charge in [-0.1, -0.05) is 6.07 Å². The number of imide groups is 1. The first kappa shape index (κ1) is 14.2. The third kappa shape index (κ3) is 2.05. The fraction of sp³-hybridized carbons (Fsp3) is 0.333. The molecule has 1 fully saturated rings. The van der Waals surface area contributed by atoms with E-state index in [4.69, 9.17) is 5.11 Å². The van der Waals surface area contributed by atoms with Crippen LogP contribution < -0.4 is 5.32 Å². The second-order valence-electron chi connectivity index (χ2n) is 5.48. The van der Waals surface area contributed by atoms with Gasteiger partial charge in [-0.25, -0.2) is 4.79 Å². The lowest BCUT2D eigenvalue weighted by atomic mass is 9.98. The zero-order valence-corrected chi connectivity index (χ0v) is 11.9. The van der Waals surface area contributed by atoms with Crippen molar-refractivity contribution in [1.29, 1.82) is 0 Å². The van der Waals surface area contributed by atoms with Gasteiger partial charge in [-0.05, 0) is 30.5 Å². The summed E-state index contributed by atoms with van der Waals surface area (Å²) in [6.07, 6.45) is 0.477. The van der Waals surface area contributed by atoms with E-state index in [-0.39, 0.29) is 36.8 Å². The lowest BCUT2D eigenvalue weighted by molar-refractivity contribution is -0.136. The maximum Gasteiger partial charge on any atom is 0.335 e. The number of piperidine rings is 1. The van der Waals surface area contributed by atoms with Gasteiger partial charge in [0.25, 0.3) is 5.91 Å². The SMILES string of the molecule is Cc1c(C(=O)O)ccc2c1C(=O)N(C1CCC(=O)NC1=O)C2. The Bertz CT molecular complexity index is 725.